The van der Waals surface area contributed by atoms with Crippen LogP contribution < -0.4 is 11.1 Å². The Morgan fingerprint density at radius 2 is 1.89 bits per heavy atom. The average molecular weight is 261 g/mol. The fraction of sp³-hybridized carbons (Fsp3) is 0.111. The van der Waals surface area contributed by atoms with Crippen LogP contribution in [-0.4, -0.2) is 22.7 Å². The highest BCUT2D eigenvalue weighted by Crippen LogP contribution is 2.31. The molecule has 3 amide bonds. The SMILES string of the molecule is NC(=O)C(=O)NC(=O)c1cnccc1C(F)(F)F. The molecule has 0 aliphatic carbocycles. The van der Waals surface area contributed by atoms with E-state index >= 15 is 0 Å². The van der Waals surface area contributed by atoms with Gasteiger partial charge in [0, 0.05) is 12.4 Å². The van der Waals surface area contributed by atoms with E-state index in [-0.39, 0.29) is 0 Å². The molecule has 0 bridgehead atoms. The third-order valence-electron chi connectivity index (χ3n) is 1.82. The molecule has 0 saturated heterocycles. The molecule has 0 spiro atoms. The van der Waals surface area contributed by atoms with Crippen LogP contribution in [0.15, 0.2) is 18.5 Å². The first-order valence-corrected chi connectivity index (χ1v) is 4.40. The Morgan fingerprint density at radius 1 is 1.28 bits per heavy atom. The molecule has 0 unspecified atom stereocenters. The van der Waals surface area contributed by atoms with Crippen molar-refractivity contribution in [3.63, 3.8) is 0 Å². The third kappa shape index (κ3) is 3.03. The van der Waals surface area contributed by atoms with Crippen LogP contribution in [0.2, 0.25) is 0 Å². The topological polar surface area (TPSA) is 102 Å². The lowest BCUT2D eigenvalue weighted by Gasteiger charge is -2.10. The molecule has 1 heterocycles. The number of nitrogens with zero attached hydrogens (tertiary/aromatic N) is 1. The predicted octanol–water partition coefficient (Wildman–Crippen LogP) is -0.158. The van der Waals surface area contributed by atoms with Gasteiger partial charge in [0.1, 0.15) is 0 Å². The van der Waals surface area contributed by atoms with Crippen LogP contribution in [-0.2, 0) is 15.8 Å². The summed E-state index contributed by atoms with van der Waals surface area (Å²) in [6.07, 6.45) is -3.31. The van der Waals surface area contributed by atoms with Gasteiger partial charge in [-0.25, -0.2) is 0 Å². The molecule has 0 atom stereocenters. The Hall–Kier alpha value is -2.45. The number of nitrogens with one attached hydrogen (secondary N) is 1. The van der Waals surface area contributed by atoms with E-state index in [2.05, 4.69) is 10.7 Å². The first-order chi connectivity index (χ1) is 8.23. The summed E-state index contributed by atoms with van der Waals surface area (Å²) in [5.74, 6) is -4.39. The smallest absolute Gasteiger partial charge is 0.361 e. The van der Waals surface area contributed by atoms with Gasteiger partial charge in [-0.3, -0.25) is 24.7 Å². The fourth-order valence-corrected chi connectivity index (χ4v) is 1.05. The highest BCUT2D eigenvalue weighted by atomic mass is 19.4. The summed E-state index contributed by atoms with van der Waals surface area (Å²) in [5.41, 5.74) is 2.40. The first kappa shape index (κ1) is 13.6. The monoisotopic (exact) mass is 261 g/mol. The number of aromatic nitrogens is 1. The number of hydrogen-bond donors (Lipinski definition) is 2. The van der Waals surface area contributed by atoms with E-state index < -0.39 is 35.0 Å². The van der Waals surface area contributed by atoms with E-state index in [1.165, 1.54) is 5.32 Å². The maximum atomic E-state index is 12.5. The fourth-order valence-electron chi connectivity index (χ4n) is 1.05. The molecule has 18 heavy (non-hydrogen) atoms. The van der Waals surface area contributed by atoms with Crippen LogP contribution in [0.25, 0.3) is 0 Å². The van der Waals surface area contributed by atoms with Crippen molar-refractivity contribution in [2.75, 3.05) is 0 Å². The Bertz CT molecular complexity index is 513. The summed E-state index contributed by atoms with van der Waals surface area (Å²) in [5, 5.41) is 1.42. The maximum absolute atomic E-state index is 12.5. The Labute approximate surface area is 98.0 Å². The summed E-state index contributed by atoms with van der Waals surface area (Å²) < 4.78 is 37.6. The van der Waals surface area contributed by atoms with Crippen molar-refractivity contribution in [2.24, 2.45) is 5.73 Å². The van der Waals surface area contributed by atoms with Gasteiger partial charge in [-0.05, 0) is 6.07 Å². The van der Waals surface area contributed by atoms with Crippen molar-refractivity contribution in [3.05, 3.63) is 29.6 Å². The molecular weight excluding hydrogens is 255 g/mol. The molecule has 3 N–H and O–H groups in total. The normalized spacial score (nSPS) is 10.8. The quantitative estimate of drug-likeness (QED) is 0.686. The van der Waals surface area contributed by atoms with Crippen molar-refractivity contribution >= 4 is 17.7 Å². The van der Waals surface area contributed by atoms with Gasteiger partial charge in [0.25, 0.3) is 5.91 Å². The zero-order valence-corrected chi connectivity index (χ0v) is 8.62. The Kier molecular flexibility index (Phi) is 3.64. The molecule has 9 heteroatoms. The zero-order valence-electron chi connectivity index (χ0n) is 8.62. The largest absolute Gasteiger partial charge is 0.417 e. The lowest BCUT2D eigenvalue weighted by molar-refractivity contribution is -0.138. The summed E-state index contributed by atoms with van der Waals surface area (Å²) in [6, 6.07) is 0.573. The molecule has 1 aromatic rings. The van der Waals surface area contributed by atoms with E-state index in [1.807, 2.05) is 0 Å². The number of alkyl halides is 3. The summed E-state index contributed by atoms with van der Waals surface area (Å²) in [7, 11) is 0. The van der Waals surface area contributed by atoms with Crippen molar-refractivity contribution in [2.45, 2.75) is 6.18 Å². The number of halogens is 3. The van der Waals surface area contributed by atoms with E-state index in [4.69, 9.17) is 0 Å². The van der Waals surface area contributed by atoms with Gasteiger partial charge in [-0.2, -0.15) is 13.2 Å². The lowest BCUT2D eigenvalue weighted by atomic mass is 10.1. The minimum absolute atomic E-state index is 0.573. The van der Waals surface area contributed by atoms with Gasteiger partial charge in [0.15, 0.2) is 0 Å². The second-order valence-corrected chi connectivity index (χ2v) is 3.07. The van der Waals surface area contributed by atoms with Gasteiger partial charge >= 0.3 is 18.0 Å². The van der Waals surface area contributed by atoms with Crippen LogP contribution in [0.1, 0.15) is 15.9 Å². The number of pyridine rings is 1. The molecule has 1 aromatic heterocycles. The molecule has 0 aliphatic heterocycles. The summed E-state index contributed by atoms with van der Waals surface area (Å²) >= 11 is 0. The van der Waals surface area contributed by atoms with Crippen molar-refractivity contribution in [1.82, 2.24) is 10.3 Å². The Morgan fingerprint density at radius 3 is 2.39 bits per heavy atom. The second kappa shape index (κ2) is 4.82. The number of amides is 3. The lowest BCUT2D eigenvalue weighted by Crippen LogP contribution is -2.40. The summed E-state index contributed by atoms with van der Waals surface area (Å²) in [6.45, 7) is 0. The van der Waals surface area contributed by atoms with Gasteiger partial charge in [0.2, 0.25) is 0 Å². The number of carbonyl (C=O) groups excluding carboxylic acids is 3. The van der Waals surface area contributed by atoms with Crippen LogP contribution in [0.3, 0.4) is 0 Å². The number of carbonyl (C=O) groups is 3. The Balaban J connectivity index is 3.07. The van der Waals surface area contributed by atoms with E-state index in [1.54, 1.807) is 0 Å². The number of hydrogen-bond acceptors (Lipinski definition) is 4. The minimum atomic E-state index is -4.79. The van der Waals surface area contributed by atoms with E-state index in [0.717, 1.165) is 6.20 Å². The standard InChI is InChI=1S/C9H6F3N3O3/c10-9(11,12)5-1-2-14-3-4(5)7(17)15-8(18)6(13)16/h1-3H,(H2,13,16)(H,15,17,18). The molecule has 96 valence electrons. The van der Waals surface area contributed by atoms with E-state index in [9.17, 15) is 27.6 Å². The van der Waals surface area contributed by atoms with Gasteiger partial charge < -0.3 is 5.73 Å². The maximum Gasteiger partial charge on any atom is 0.417 e. The number of primary amides is 1. The van der Waals surface area contributed by atoms with Crippen molar-refractivity contribution < 1.29 is 27.6 Å². The highest BCUT2D eigenvalue weighted by molar-refractivity contribution is 6.38. The summed E-state index contributed by atoms with van der Waals surface area (Å²) in [4.78, 5) is 35.8. The molecule has 6 nitrogen and oxygen atoms in total. The zero-order chi connectivity index (χ0) is 13.9. The van der Waals surface area contributed by atoms with Crippen LogP contribution in [0.5, 0.6) is 0 Å². The number of nitrogens with two attached hydrogens (primary N) is 1. The average Bonchev–Trinajstić information content (AvgIpc) is 2.27. The van der Waals surface area contributed by atoms with Gasteiger partial charge in [-0.15, -0.1) is 0 Å². The first-order valence-electron chi connectivity index (χ1n) is 4.40. The predicted molar refractivity (Wildman–Crippen MR) is 50.9 cm³/mol. The van der Waals surface area contributed by atoms with E-state index in [0.29, 0.717) is 12.3 Å². The van der Waals surface area contributed by atoms with Gasteiger partial charge in [0.05, 0.1) is 11.1 Å². The minimum Gasteiger partial charge on any atom is -0.361 e. The molecular formula is C9H6F3N3O3. The third-order valence-corrected chi connectivity index (χ3v) is 1.82. The van der Waals surface area contributed by atoms with Crippen LogP contribution >= 0.6 is 0 Å². The molecule has 0 fully saturated rings. The molecule has 0 radical (unpaired) electrons. The van der Waals surface area contributed by atoms with Crippen molar-refractivity contribution in [3.8, 4) is 0 Å². The number of imide groups is 1. The molecule has 0 aromatic carbocycles. The molecule has 1 rings (SSSR count). The highest BCUT2D eigenvalue weighted by Gasteiger charge is 2.35. The van der Waals surface area contributed by atoms with Crippen LogP contribution in [0, 0.1) is 0 Å². The molecule has 0 aliphatic rings. The second-order valence-electron chi connectivity index (χ2n) is 3.07. The van der Waals surface area contributed by atoms with Crippen LogP contribution in [0.4, 0.5) is 13.2 Å². The van der Waals surface area contributed by atoms with Crippen molar-refractivity contribution in [1.29, 1.82) is 0 Å². The molecule has 0 saturated carbocycles. The number of rotatable bonds is 1. The van der Waals surface area contributed by atoms with Gasteiger partial charge in [-0.1, -0.05) is 0 Å².